The molecule has 5 nitrogen and oxygen atoms in total. The largest absolute Gasteiger partial charge is 0.421 e. The van der Waals surface area contributed by atoms with Gasteiger partial charge in [-0.1, -0.05) is 25.4 Å². The van der Waals surface area contributed by atoms with Crippen LogP contribution < -0.4 is 4.74 Å². The summed E-state index contributed by atoms with van der Waals surface area (Å²) in [5.74, 6) is 1.91. The van der Waals surface area contributed by atoms with Crippen LogP contribution in [0.3, 0.4) is 0 Å². The predicted octanol–water partition coefficient (Wildman–Crippen LogP) is 3.09. The van der Waals surface area contributed by atoms with E-state index in [0.717, 1.165) is 5.69 Å². The van der Waals surface area contributed by atoms with Gasteiger partial charge in [-0.3, -0.25) is 0 Å². The maximum absolute atomic E-state index is 5.95. The number of halogens is 1. The van der Waals surface area contributed by atoms with E-state index in [1.165, 1.54) is 0 Å². The number of hydrogen-bond donors (Lipinski definition) is 0. The first-order valence-electron chi connectivity index (χ1n) is 5.68. The Balaban J connectivity index is 2.31. The van der Waals surface area contributed by atoms with Crippen LogP contribution in [0.25, 0.3) is 0 Å². The van der Waals surface area contributed by atoms with Crippen LogP contribution in [0.15, 0.2) is 12.1 Å². The van der Waals surface area contributed by atoms with Crippen molar-refractivity contribution in [2.75, 3.05) is 0 Å². The van der Waals surface area contributed by atoms with Gasteiger partial charge in [-0.05, 0) is 6.92 Å². The molecule has 0 saturated heterocycles. The molecule has 0 aliphatic heterocycles. The Morgan fingerprint density at radius 3 is 2.56 bits per heavy atom. The van der Waals surface area contributed by atoms with Crippen LogP contribution in [-0.2, 0) is 7.05 Å². The van der Waals surface area contributed by atoms with Gasteiger partial charge in [-0.25, -0.2) is 9.67 Å². The highest BCUT2D eigenvalue weighted by molar-refractivity contribution is 6.29. The topological polar surface area (TPSA) is 52.8 Å². The lowest BCUT2D eigenvalue weighted by molar-refractivity contribution is 0.411. The van der Waals surface area contributed by atoms with E-state index < -0.39 is 0 Å². The Morgan fingerprint density at radius 2 is 2.00 bits per heavy atom. The first-order chi connectivity index (χ1) is 8.45. The summed E-state index contributed by atoms with van der Waals surface area (Å²) < 4.78 is 7.32. The van der Waals surface area contributed by atoms with Crippen LogP contribution in [0.4, 0.5) is 0 Å². The summed E-state index contributed by atoms with van der Waals surface area (Å²) in [6.45, 7) is 5.91. The highest BCUT2D eigenvalue weighted by Crippen LogP contribution is 2.23. The molecule has 0 saturated carbocycles. The molecule has 0 N–H and O–H groups in total. The smallest absolute Gasteiger partial charge is 0.226 e. The van der Waals surface area contributed by atoms with Crippen LogP contribution in [0.5, 0.6) is 11.8 Å². The van der Waals surface area contributed by atoms with Crippen LogP contribution in [0.2, 0.25) is 5.15 Å². The average Bonchev–Trinajstić information content (AvgIpc) is 2.56. The van der Waals surface area contributed by atoms with Crippen LogP contribution in [-0.4, -0.2) is 19.7 Å². The molecule has 0 aliphatic rings. The van der Waals surface area contributed by atoms with E-state index in [2.05, 4.69) is 15.1 Å². The third-order valence-corrected chi connectivity index (χ3v) is 2.57. The zero-order chi connectivity index (χ0) is 13.3. The molecule has 0 radical (unpaired) electrons. The monoisotopic (exact) mass is 266 g/mol. The van der Waals surface area contributed by atoms with Crippen molar-refractivity contribution < 1.29 is 4.74 Å². The molecule has 0 amide bonds. The first kappa shape index (κ1) is 12.8. The van der Waals surface area contributed by atoms with Gasteiger partial charge in [0.15, 0.2) is 0 Å². The Labute approximate surface area is 111 Å². The summed E-state index contributed by atoms with van der Waals surface area (Å²) in [6, 6.07) is 3.43. The molecule has 2 aromatic heterocycles. The zero-order valence-electron chi connectivity index (χ0n) is 10.8. The van der Waals surface area contributed by atoms with Gasteiger partial charge in [0.25, 0.3) is 0 Å². The number of hydrogen-bond acceptors (Lipinski definition) is 4. The maximum Gasteiger partial charge on any atom is 0.226 e. The Kier molecular flexibility index (Phi) is 3.52. The van der Waals surface area contributed by atoms with E-state index in [1.54, 1.807) is 10.7 Å². The summed E-state index contributed by atoms with van der Waals surface area (Å²) in [7, 11) is 1.81. The summed E-state index contributed by atoms with van der Waals surface area (Å²) in [4.78, 5) is 8.47. The minimum absolute atomic E-state index is 0.194. The lowest BCUT2D eigenvalue weighted by Gasteiger charge is -2.08. The van der Waals surface area contributed by atoms with Crippen molar-refractivity contribution in [2.24, 2.45) is 7.05 Å². The van der Waals surface area contributed by atoms with E-state index in [4.69, 9.17) is 16.3 Å². The third-order valence-electron chi connectivity index (χ3n) is 2.37. The van der Waals surface area contributed by atoms with Crippen LogP contribution in [0, 0.1) is 6.92 Å². The Hall–Kier alpha value is -1.62. The fourth-order valence-corrected chi connectivity index (χ4v) is 1.69. The number of ether oxygens (including phenoxy) is 1. The number of aromatic nitrogens is 4. The fourth-order valence-electron chi connectivity index (χ4n) is 1.51. The van der Waals surface area contributed by atoms with Crippen LogP contribution >= 0.6 is 11.6 Å². The van der Waals surface area contributed by atoms with Gasteiger partial charge in [-0.2, -0.15) is 10.1 Å². The molecule has 0 aliphatic carbocycles. The second-order valence-corrected chi connectivity index (χ2v) is 4.78. The second-order valence-electron chi connectivity index (χ2n) is 4.39. The molecule has 0 atom stereocenters. The molecule has 0 unspecified atom stereocenters. The third kappa shape index (κ3) is 2.79. The van der Waals surface area contributed by atoms with E-state index in [9.17, 15) is 0 Å². The van der Waals surface area contributed by atoms with Gasteiger partial charge < -0.3 is 4.74 Å². The van der Waals surface area contributed by atoms with Gasteiger partial charge >= 0.3 is 0 Å². The van der Waals surface area contributed by atoms with Gasteiger partial charge in [0.1, 0.15) is 11.0 Å². The minimum atomic E-state index is 0.194. The van der Waals surface area contributed by atoms with Crippen LogP contribution in [0.1, 0.15) is 31.3 Å². The molecular formula is C12H15ClN4O. The molecule has 6 heteroatoms. The molecule has 2 heterocycles. The quantitative estimate of drug-likeness (QED) is 0.801. The first-order valence-corrected chi connectivity index (χ1v) is 6.06. The SMILES string of the molecule is Cc1cc(Oc2cc(Cl)nc(C(C)C)n2)n(C)n1. The van der Waals surface area contributed by atoms with Crippen molar-refractivity contribution in [3.8, 4) is 11.8 Å². The minimum Gasteiger partial charge on any atom is -0.421 e. The zero-order valence-corrected chi connectivity index (χ0v) is 11.6. The summed E-state index contributed by atoms with van der Waals surface area (Å²) in [5, 5.41) is 4.58. The van der Waals surface area contributed by atoms with Crippen molar-refractivity contribution in [3.63, 3.8) is 0 Å². The predicted molar refractivity (Wildman–Crippen MR) is 69.2 cm³/mol. The van der Waals surface area contributed by atoms with Crippen molar-refractivity contribution in [2.45, 2.75) is 26.7 Å². The van der Waals surface area contributed by atoms with Crippen molar-refractivity contribution in [1.82, 2.24) is 19.7 Å². The summed E-state index contributed by atoms with van der Waals surface area (Å²) in [5.41, 5.74) is 0.886. The highest BCUT2D eigenvalue weighted by atomic mass is 35.5. The Bertz CT molecular complexity index is 565. The van der Waals surface area contributed by atoms with E-state index in [0.29, 0.717) is 22.7 Å². The number of aryl methyl sites for hydroxylation is 2. The lowest BCUT2D eigenvalue weighted by atomic mass is 10.2. The van der Waals surface area contributed by atoms with Gasteiger partial charge in [0.05, 0.1) is 5.69 Å². The maximum atomic E-state index is 5.95. The van der Waals surface area contributed by atoms with Gasteiger partial charge in [0, 0.05) is 25.1 Å². The molecular weight excluding hydrogens is 252 g/mol. The van der Waals surface area contributed by atoms with Gasteiger partial charge in [0.2, 0.25) is 11.8 Å². The van der Waals surface area contributed by atoms with Crippen molar-refractivity contribution >= 4 is 11.6 Å². The van der Waals surface area contributed by atoms with E-state index in [1.807, 2.05) is 33.9 Å². The second kappa shape index (κ2) is 4.94. The average molecular weight is 267 g/mol. The summed E-state index contributed by atoms with van der Waals surface area (Å²) >= 11 is 5.95. The molecule has 96 valence electrons. The van der Waals surface area contributed by atoms with E-state index >= 15 is 0 Å². The molecule has 2 aromatic rings. The fraction of sp³-hybridized carbons (Fsp3) is 0.417. The molecule has 0 fully saturated rings. The molecule has 0 bridgehead atoms. The summed E-state index contributed by atoms with van der Waals surface area (Å²) in [6.07, 6.45) is 0. The molecule has 0 aromatic carbocycles. The Morgan fingerprint density at radius 1 is 1.28 bits per heavy atom. The highest BCUT2D eigenvalue weighted by Gasteiger charge is 2.10. The molecule has 0 spiro atoms. The van der Waals surface area contributed by atoms with Crippen molar-refractivity contribution in [3.05, 3.63) is 28.8 Å². The molecule has 18 heavy (non-hydrogen) atoms. The van der Waals surface area contributed by atoms with Gasteiger partial charge in [-0.15, -0.1) is 0 Å². The van der Waals surface area contributed by atoms with Crippen molar-refractivity contribution in [1.29, 1.82) is 0 Å². The standard InChI is InChI=1S/C12H15ClN4O/c1-7(2)12-14-9(13)6-10(15-12)18-11-5-8(3)16-17(11)4/h5-7H,1-4H3. The number of rotatable bonds is 3. The normalized spacial score (nSPS) is 11.0. The van der Waals surface area contributed by atoms with E-state index in [-0.39, 0.29) is 5.92 Å². The number of nitrogens with zero attached hydrogens (tertiary/aromatic N) is 4. The lowest BCUT2D eigenvalue weighted by Crippen LogP contribution is -2.01. The molecule has 2 rings (SSSR count).